The molecule has 2 atom stereocenters. The predicted molar refractivity (Wildman–Crippen MR) is 102 cm³/mol. The lowest BCUT2D eigenvalue weighted by Gasteiger charge is -2.47. The SMILES string of the molecule is Cc1[nH]cnc1C(=O)N1CC[C@@H]2[C@@H](CCC(=O)N2CCc2ccccc2)C1. The standard InChI is InChI=1S/C21H26N4O2/c1-15-20(23-14-22-15)21(27)24-11-10-18-17(13-24)7-8-19(26)25(18)12-9-16-5-3-2-4-6-16/h2-6,14,17-18H,7-13H2,1H3,(H,22,23)/t17-,18+/m0/s1. The van der Waals surface area contributed by atoms with E-state index in [1.165, 1.54) is 5.56 Å². The fourth-order valence-corrected chi connectivity index (χ4v) is 4.44. The van der Waals surface area contributed by atoms with Crippen LogP contribution in [0.25, 0.3) is 0 Å². The highest BCUT2D eigenvalue weighted by Gasteiger charge is 2.40. The van der Waals surface area contributed by atoms with Gasteiger partial charge in [-0.1, -0.05) is 30.3 Å². The zero-order chi connectivity index (χ0) is 18.8. The topological polar surface area (TPSA) is 69.3 Å². The van der Waals surface area contributed by atoms with Crippen molar-refractivity contribution in [2.45, 2.75) is 38.6 Å². The zero-order valence-electron chi connectivity index (χ0n) is 15.7. The number of nitrogens with one attached hydrogen (secondary N) is 1. The van der Waals surface area contributed by atoms with E-state index in [1.54, 1.807) is 6.33 Å². The summed E-state index contributed by atoms with van der Waals surface area (Å²) in [5, 5.41) is 0. The van der Waals surface area contributed by atoms with Crippen LogP contribution in [0, 0.1) is 12.8 Å². The average Bonchev–Trinajstić information content (AvgIpc) is 3.13. The highest BCUT2D eigenvalue weighted by Crippen LogP contribution is 2.32. The molecule has 6 nitrogen and oxygen atoms in total. The van der Waals surface area contributed by atoms with Crippen LogP contribution in [0.4, 0.5) is 0 Å². The quantitative estimate of drug-likeness (QED) is 0.903. The first-order chi connectivity index (χ1) is 13.1. The molecule has 0 saturated carbocycles. The third kappa shape index (κ3) is 3.61. The average molecular weight is 366 g/mol. The molecule has 2 aromatic rings. The van der Waals surface area contributed by atoms with E-state index >= 15 is 0 Å². The number of likely N-dealkylation sites (tertiary alicyclic amines) is 2. The second-order valence-electron chi connectivity index (χ2n) is 7.60. The summed E-state index contributed by atoms with van der Waals surface area (Å²) in [4.78, 5) is 36.5. The van der Waals surface area contributed by atoms with Gasteiger partial charge in [0.2, 0.25) is 5.91 Å². The number of hydrogen-bond acceptors (Lipinski definition) is 3. The maximum Gasteiger partial charge on any atom is 0.274 e. The number of amides is 2. The second kappa shape index (κ2) is 7.55. The molecule has 0 spiro atoms. The number of aryl methyl sites for hydroxylation is 1. The van der Waals surface area contributed by atoms with E-state index in [4.69, 9.17) is 0 Å². The molecule has 3 heterocycles. The number of piperidine rings is 2. The maximum atomic E-state index is 12.8. The lowest BCUT2D eigenvalue weighted by Crippen LogP contribution is -2.57. The molecule has 2 fully saturated rings. The Kier molecular flexibility index (Phi) is 4.97. The van der Waals surface area contributed by atoms with Crippen molar-refractivity contribution in [3.8, 4) is 0 Å². The number of carbonyl (C=O) groups excluding carboxylic acids is 2. The number of imidazole rings is 1. The van der Waals surface area contributed by atoms with Crippen molar-refractivity contribution in [2.75, 3.05) is 19.6 Å². The lowest BCUT2D eigenvalue weighted by molar-refractivity contribution is -0.140. The fourth-order valence-electron chi connectivity index (χ4n) is 4.44. The Bertz CT molecular complexity index is 817. The number of benzene rings is 1. The Balaban J connectivity index is 1.42. The summed E-state index contributed by atoms with van der Waals surface area (Å²) < 4.78 is 0. The van der Waals surface area contributed by atoms with Gasteiger partial charge >= 0.3 is 0 Å². The number of carbonyl (C=O) groups is 2. The molecule has 1 N–H and O–H groups in total. The van der Waals surface area contributed by atoms with E-state index in [-0.39, 0.29) is 17.9 Å². The van der Waals surface area contributed by atoms with Crippen molar-refractivity contribution in [1.82, 2.24) is 19.8 Å². The number of H-pyrrole nitrogens is 1. The first kappa shape index (κ1) is 17.8. The second-order valence-corrected chi connectivity index (χ2v) is 7.60. The minimum Gasteiger partial charge on any atom is -0.348 e. The number of hydrogen-bond donors (Lipinski definition) is 1. The molecular weight excluding hydrogens is 340 g/mol. The van der Waals surface area contributed by atoms with Crippen LogP contribution in [0.15, 0.2) is 36.7 Å². The molecule has 0 radical (unpaired) electrons. The van der Waals surface area contributed by atoms with Crippen LogP contribution in [0.5, 0.6) is 0 Å². The highest BCUT2D eigenvalue weighted by molar-refractivity contribution is 5.93. The van der Waals surface area contributed by atoms with Gasteiger partial charge in [0.1, 0.15) is 5.69 Å². The van der Waals surface area contributed by atoms with E-state index in [0.717, 1.165) is 31.5 Å². The van der Waals surface area contributed by atoms with Gasteiger partial charge in [-0.2, -0.15) is 0 Å². The van der Waals surface area contributed by atoms with Gasteiger partial charge in [-0.05, 0) is 37.7 Å². The molecule has 6 heteroatoms. The van der Waals surface area contributed by atoms with Gasteiger partial charge in [-0.3, -0.25) is 9.59 Å². The molecule has 1 aromatic heterocycles. The van der Waals surface area contributed by atoms with E-state index < -0.39 is 0 Å². The van der Waals surface area contributed by atoms with Gasteiger partial charge in [0.05, 0.1) is 6.33 Å². The molecule has 2 amide bonds. The van der Waals surface area contributed by atoms with Gasteiger partial charge < -0.3 is 14.8 Å². The lowest BCUT2D eigenvalue weighted by atomic mass is 9.83. The first-order valence-corrected chi connectivity index (χ1v) is 9.76. The molecule has 4 rings (SSSR count). The van der Waals surface area contributed by atoms with Crippen LogP contribution in [0.3, 0.4) is 0 Å². The normalized spacial score (nSPS) is 22.6. The summed E-state index contributed by atoms with van der Waals surface area (Å²) in [6.45, 7) is 4.03. The number of rotatable bonds is 4. The van der Waals surface area contributed by atoms with E-state index in [9.17, 15) is 9.59 Å². The smallest absolute Gasteiger partial charge is 0.274 e. The Morgan fingerprint density at radius 3 is 2.81 bits per heavy atom. The van der Waals surface area contributed by atoms with Crippen molar-refractivity contribution in [1.29, 1.82) is 0 Å². The van der Waals surface area contributed by atoms with Gasteiger partial charge in [-0.25, -0.2) is 4.98 Å². The van der Waals surface area contributed by atoms with Crippen LogP contribution >= 0.6 is 0 Å². The molecule has 2 saturated heterocycles. The highest BCUT2D eigenvalue weighted by atomic mass is 16.2. The summed E-state index contributed by atoms with van der Waals surface area (Å²) in [6, 6.07) is 10.6. The van der Waals surface area contributed by atoms with Crippen molar-refractivity contribution in [3.63, 3.8) is 0 Å². The van der Waals surface area contributed by atoms with Crippen LogP contribution in [-0.4, -0.2) is 57.3 Å². The first-order valence-electron chi connectivity index (χ1n) is 9.76. The molecule has 2 aliphatic rings. The summed E-state index contributed by atoms with van der Waals surface area (Å²) in [5.74, 6) is 0.616. The molecule has 0 unspecified atom stereocenters. The van der Waals surface area contributed by atoms with Crippen molar-refractivity contribution < 1.29 is 9.59 Å². The van der Waals surface area contributed by atoms with Crippen LogP contribution in [0.1, 0.15) is 41.0 Å². The zero-order valence-corrected chi connectivity index (χ0v) is 15.7. The molecule has 2 aliphatic heterocycles. The summed E-state index contributed by atoms with van der Waals surface area (Å²) in [6.07, 6.45) is 4.75. The Morgan fingerprint density at radius 2 is 2.07 bits per heavy atom. The van der Waals surface area contributed by atoms with Crippen LogP contribution in [-0.2, 0) is 11.2 Å². The molecule has 0 aliphatic carbocycles. The Morgan fingerprint density at radius 1 is 1.26 bits per heavy atom. The largest absolute Gasteiger partial charge is 0.348 e. The molecular formula is C21H26N4O2. The Labute approximate surface area is 159 Å². The Hall–Kier alpha value is -2.63. The van der Waals surface area contributed by atoms with Gasteiger partial charge in [0.25, 0.3) is 5.91 Å². The van der Waals surface area contributed by atoms with E-state index in [0.29, 0.717) is 31.1 Å². The number of nitrogens with zero attached hydrogens (tertiary/aromatic N) is 3. The van der Waals surface area contributed by atoms with Crippen molar-refractivity contribution in [3.05, 3.63) is 53.6 Å². The molecule has 27 heavy (non-hydrogen) atoms. The molecule has 0 bridgehead atoms. The van der Waals surface area contributed by atoms with Gasteiger partial charge in [0, 0.05) is 37.8 Å². The van der Waals surface area contributed by atoms with E-state index in [2.05, 4.69) is 27.0 Å². The third-order valence-electron chi connectivity index (χ3n) is 5.95. The maximum absolute atomic E-state index is 12.8. The predicted octanol–water partition coefficient (Wildman–Crippen LogP) is 2.41. The summed E-state index contributed by atoms with van der Waals surface area (Å²) in [5.41, 5.74) is 2.58. The minimum atomic E-state index is -0.0000597. The fraction of sp³-hybridized carbons (Fsp3) is 0.476. The number of aromatic amines is 1. The van der Waals surface area contributed by atoms with Gasteiger partial charge in [-0.15, -0.1) is 0 Å². The summed E-state index contributed by atoms with van der Waals surface area (Å²) in [7, 11) is 0. The summed E-state index contributed by atoms with van der Waals surface area (Å²) >= 11 is 0. The number of aromatic nitrogens is 2. The molecule has 1 aromatic carbocycles. The minimum absolute atomic E-state index is 0.0000597. The van der Waals surface area contributed by atoms with Crippen LogP contribution in [0.2, 0.25) is 0 Å². The van der Waals surface area contributed by atoms with Crippen molar-refractivity contribution >= 4 is 11.8 Å². The molecule has 142 valence electrons. The van der Waals surface area contributed by atoms with E-state index in [1.807, 2.05) is 30.0 Å². The third-order valence-corrected chi connectivity index (χ3v) is 5.95. The van der Waals surface area contributed by atoms with Crippen LogP contribution < -0.4 is 0 Å². The van der Waals surface area contributed by atoms with Crippen molar-refractivity contribution in [2.24, 2.45) is 5.92 Å². The number of fused-ring (bicyclic) bond motifs is 1. The monoisotopic (exact) mass is 366 g/mol. The van der Waals surface area contributed by atoms with Gasteiger partial charge in [0.15, 0.2) is 0 Å².